The van der Waals surface area contributed by atoms with E-state index in [0.717, 1.165) is 0 Å². The molecule has 0 aromatic heterocycles. The van der Waals surface area contributed by atoms with Gasteiger partial charge in [-0.05, 0) is 0 Å². The van der Waals surface area contributed by atoms with Crippen LogP contribution in [0.4, 0.5) is 0 Å². The first-order valence-electron chi connectivity index (χ1n) is 2.00. The molecule has 0 saturated carbocycles. The molecule has 1 aromatic carbocycles. The molecule has 1 aromatic rings. The van der Waals surface area contributed by atoms with E-state index in [1.54, 1.807) is 0 Å². The topological polar surface area (TPSA) is 31.5 Å². The largest absolute Gasteiger partial charge is 0.0623 e. The van der Waals surface area contributed by atoms with Gasteiger partial charge < -0.3 is 5.48 Å². The van der Waals surface area contributed by atoms with E-state index < -0.39 is 0 Å². The number of rotatable bonds is 0. The van der Waals surface area contributed by atoms with Crippen molar-refractivity contribution < 1.29 is 5.48 Å². The molecule has 0 bridgehead atoms. The summed E-state index contributed by atoms with van der Waals surface area (Å²) >= 11 is 0. The molecule has 0 aliphatic heterocycles. The van der Waals surface area contributed by atoms with Crippen LogP contribution in [0.2, 0.25) is 0 Å². The minimum Gasteiger partial charge on any atom is -0.0623 e. The first-order valence-corrected chi connectivity index (χ1v) is 2.00. The summed E-state index contributed by atoms with van der Waals surface area (Å²) in [6.07, 6.45) is 0. The Kier molecular flexibility index (Phi) is 9.74. The zero-order valence-corrected chi connectivity index (χ0v) is 10.2. The zero-order valence-electron chi connectivity index (χ0n) is 4.67. The summed E-state index contributed by atoms with van der Waals surface area (Å²) in [5.74, 6) is 0. The second-order valence-electron chi connectivity index (χ2n) is 1.15. The molecule has 0 unspecified atom stereocenters. The summed E-state index contributed by atoms with van der Waals surface area (Å²) in [6, 6.07) is 12.0. The molecule has 0 aliphatic rings. The molecule has 2 N–H and O–H groups in total. The van der Waals surface area contributed by atoms with E-state index in [1.165, 1.54) is 0 Å². The van der Waals surface area contributed by atoms with Crippen molar-refractivity contribution in [3.63, 3.8) is 0 Å². The van der Waals surface area contributed by atoms with Gasteiger partial charge in [-0.3, -0.25) is 0 Å². The maximum Gasteiger partial charge on any atom is -0.0623 e. The van der Waals surface area contributed by atoms with Crippen LogP contribution in [0.3, 0.4) is 0 Å². The predicted molar refractivity (Wildman–Crippen MR) is 38.6 cm³/mol. The van der Waals surface area contributed by atoms with E-state index in [1.807, 2.05) is 36.4 Å². The first kappa shape index (κ1) is 11.0. The third kappa shape index (κ3) is 4.27. The van der Waals surface area contributed by atoms with Crippen LogP contribution in [-0.4, -0.2) is 32.8 Å². The second-order valence-corrected chi connectivity index (χ2v) is 1.15. The van der Waals surface area contributed by atoms with Gasteiger partial charge in [-0.2, -0.15) is 0 Å². The Morgan fingerprint density at radius 1 is 0.500 bits per heavy atom. The molecule has 2 radical (unpaired) electrons. The molecule has 44 valence electrons. The van der Waals surface area contributed by atoms with E-state index in [9.17, 15) is 0 Å². The number of hydrogen-bond acceptors (Lipinski definition) is 0. The molecule has 8 heavy (non-hydrogen) atoms. The molecule has 0 fully saturated rings. The van der Waals surface area contributed by atoms with Crippen molar-refractivity contribution in [2.75, 3.05) is 0 Å². The van der Waals surface area contributed by atoms with Crippen LogP contribution in [0.15, 0.2) is 36.4 Å². The molecule has 0 saturated heterocycles. The van der Waals surface area contributed by atoms with Crippen LogP contribution in [0.5, 0.6) is 0 Å². The summed E-state index contributed by atoms with van der Waals surface area (Å²) in [7, 11) is 0. The zero-order chi connectivity index (χ0) is 4.24. The molecule has 0 heterocycles. The second kappa shape index (κ2) is 7.10. The maximum atomic E-state index is 2.00. The molecular weight excluding hydrogens is 295 g/mol. The fourth-order valence-corrected chi connectivity index (χ4v) is 0.385. The Morgan fingerprint density at radius 3 is 0.750 bits per heavy atom. The van der Waals surface area contributed by atoms with E-state index in [-0.39, 0.29) is 32.8 Å². The normalized spacial score (nSPS) is 6.00. The Hall–Kier alpha value is 0.102. The number of hydrogen-bond donors (Lipinski definition) is 0. The van der Waals surface area contributed by atoms with Gasteiger partial charge in [0, 0.05) is 0 Å². The van der Waals surface area contributed by atoms with Crippen molar-refractivity contribution in [3.8, 4) is 0 Å². The fourth-order valence-electron chi connectivity index (χ4n) is 0.385. The van der Waals surface area contributed by atoms with Gasteiger partial charge >= 0.3 is 27.3 Å². The molecule has 0 atom stereocenters. The van der Waals surface area contributed by atoms with Crippen molar-refractivity contribution >= 4 is 27.3 Å². The number of benzene rings is 1. The smallest absolute Gasteiger partial charge is 0.0623 e. The van der Waals surface area contributed by atoms with Crippen LogP contribution < -0.4 is 0 Å². The summed E-state index contributed by atoms with van der Waals surface area (Å²) in [5.41, 5.74) is 0. The van der Waals surface area contributed by atoms with Gasteiger partial charge in [0.15, 0.2) is 0 Å². The molecule has 1 nitrogen and oxygen atoms in total. The van der Waals surface area contributed by atoms with Crippen molar-refractivity contribution in [1.82, 2.24) is 0 Å². The van der Waals surface area contributed by atoms with Crippen LogP contribution in [-0.2, 0) is 0 Å². The van der Waals surface area contributed by atoms with Crippen LogP contribution in [0.25, 0.3) is 0 Å². The van der Waals surface area contributed by atoms with Crippen molar-refractivity contribution in [1.29, 1.82) is 0 Å². The van der Waals surface area contributed by atoms with E-state index >= 15 is 0 Å². The average molecular weight is 305 g/mol. The molecule has 0 amide bonds. The van der Waals surface area contributed by atoms with Crippen LogP contribution in [0, 0.1) is 0 Å². The molecule has 2 heteroatoms. The van der Waals surface area contributed by atoms with Crippen LogP contribution in [0.1, 0.15) is 0 Å². The van der Waals surface area contributed by atoms with Gasteiger partial charge in [0.05, 0.1) is 0 Å². The Balaban J connectivity index is 0. The first-order chi connectivity index (χ1) is 3.00. The van der Waals surface area contributed by atoms with Crippen molar-refractivity contribution in [2.45, 2.75) is 0 Å². The van der Waals surface area contributed by atoms with Gasteiger partial charge in [0.25, 0.3) is 0 Å². The third-order valence-corrected chi connectivity index (χ3v) is 0.667. The SMILES string of the molecule is O.[PbH2].c1ccccc1. The Morgan fingerprint density at radius 2 is 0.625 bits per heavy atom. The van der Waals surface area contributed by atoms with Crippen molar-refractivity contribution in [2.24, 2.45) is 0 Å². The summed E-state index contributed by atoms with van der Waals surface area (Å²) in [5, 5.41) is 0. The monoisotopic (exact) mass is 306 g/mol. The minimum atomic E-state index is 0. The van der Waals surface area contributed by atoms with Gasteiger partial charge in [-0.15, -0.1) is 0 Å². The summed E-state index contributed by atoms with van der Waals surface area (Å²) < 4.78 is 0. The molecule has 1 rings (SSSR count). The predicted octanol–water partition coefficient (Wildman–Crippen LogP) is -0.0543. The van der Waals surface area contributed by atoms with E-state index in [4.69, 9.17) is 0 Å². The van der Waals surface area contributed by atoms with Gasteiger partial charge in [-0.25, -0.2) is 0 Å². The summed E-state index contributed by atoms with van der Waals surface area (Å²) in [6.45, 7) is 0. The molecule has 0 spiro atoms. The molecular formula is C6H10OPb. The third-order valence-electron chi connectivity index (χ3n) is 0.667. The average Bonchev–Trinajstić information content (AvgIpc) is 1.72. The minimum absolute atomic E-state index is 0. The van der Waals surface area contributed by atoms with E-state index in [0.29, 0.717) is 0 Å². The van der Waals surface area contributed by atoms with E-state index in [2.05, 4.69) is 0 Å². The quantitative estimate of drug-likeness (QED) is 0.602. The van der Waals surface area contributed by atoms with Crippen molar-refractivity contribution in [3.05, 3.63) is 36.4 Å². The van der Waals surface area contributed by atoms with Crippen LogP contribution >= 0.6 is 0 Å². The summed E-state index contributed by atoms with van der Waals surface area (Å²) in [4.78, 5) is 0. The maximum absolute atomic E-state index is 2.00. The Bertz CT molecular complexity index is 80.5. The van der Waals surface area contributed by atoms with Gasteiger partial charge in [0.1, 0.15) is 0 Å². The van der Waals surface area contributed by atoms with Gasteiger partial charge in [0.2, 0.25) is 0 Å². The Labute approximate surface area is 69.2 Å². The van der Waals surface area contributed by atoms with Gasteiger partial charge in [-0.1, -0.05) is 36.4 Å². The fraction of sp³-hybridized carbons (Fsp3) is 0. The standard InChI is InChI=1S/C6H6.H2O.Pb.2H/c1-2-4-6-5-3-1;;;;/h1-6H;1H2;;;. The molecule has 0 aliphatic carbocycles.